The monoisotopic (exact) mass is 285 g/mol. The van der Waals surface area contributed by atoms with E-state index in [-0.39, 0.29) is 11.7 Å². The Bertz CT molecular complexity index is 794. The fourth-order valence-corrected chi connectivity index (χ4v) is 3.00. The minimum absolute atomic E-state index is 0.208. The molecule has 1 N–H and O–H groups in total. The van der Waals surface area contributed by atoms with E-state index in [9.17, 15) is 9.18 Å². The number of carbonyl (C=O) groups is 1. The van der Waals surface area contributed by atoms with Crippen molar-refractivity contribution in [3.63, 3.8) is 0 Å². The van der Waals surface area contributed by atoms with Crippen molar-refractivity contribution in [3.05, 3.63) is 64.8 Å². The zero-order valence-corrected chi connectivity index (χ0v) is 11.6. The highest BCUT2D eigenvalue weighted by atomic mass is 32.1. The SMILES string of the molecule is Cc1ccccc1NC(=O)c1cc2c(F)cccc2s1. The van der Waals surface area contributed by atoms with Gasteiger partial charge in [-0.15, -0.1) is 11.3 Å². The van der Waals surface area contributed by atoms with E-state index in [4.69, 9.17) is 0 Å². The molecule has 20 heavy (non-hydrogen) atoms. The van der Waals surface area contributed by atoms with Crippen molar-refractivity contribution in [2.24, 2.45) is 0 Å². The Kier molecular flexibility index (Phi) is 3.24. The highest BCUT2D eigenvalue weighted by molar-refractivity contribution is 7.20. The third-order valence-corrected chi connectivity index (χ3v) is 4.22. The zero-order chi connectivity index (χ0) is 14.1. The summed E-state index contributed by atoms with van der Waals surface area (Å²) in [7, 11) is 0. The highest BCUT2D eigenvalue weighted by Crippen LogP contribution is 2.28. The highest BCUT2D eigenvalue weighted by Gasteiger charge is 2.13. The van der Waals surface area contributed by atoms with Gasteiger partial charge in [0.15, 0.2) is 0 Å². The molecule has 1 aromatic heterocycles. The van der Waals surface area contributed by atoms with Crippen molar-refractivity contribution in [1.29, 1.82) is 0 Å². The van der Waals surface area contributed by atoms with Crippen LogP contribution in [0.3, 0.4) is 0 Å². The van der Waals surface area contributed by atoms with Gasteiger partial charge in [-0.05, 0) is 36.8 Å². The Morgan fingerprint density at radius 1 is 1.15 bits per heavy atom. The largest absolute Gasteiger partial charge is 0.321 e. The predicted octanol–water partition coefficient (Wildman–Crippen LogP) is 4.60. The molecule has 0 spiro atoms. The third kappa shape index (κ3) is 2.30. The fraction of sp³-hybridized carbons (Fsp3) is 0.0625. The fourth-order valence-electron chi connectivity index (χ4n) is 2.03. The molecule has 0 unspecified atom stereocenters. The topological polar surface area (TPSA) is 29.1 Å². The third-order valence-electron chi connectivity index (χ3n) is 3.13. The van der Waals surface area contributed by atoms with E-state index in [0.717, 1.165) is 16.0 Å². The van der Waals surface area contributed by atoms with Crippen molar-refractivity contribution in [1.82, 2.24) is 0 Å². The molecule has 2 nitrogen and oxygen atoms in total. The minimum Gasteiger partial charge on any atom is -0.321 e. The Morgan fingerprint density at radius 3 is 2.70 bits per heavy atom. The van der Waals surface area contributed by atoms with Crippen molar-refractivity contribution in [3.8, 4) is 0 Å². The van der Waals surface area contributed by atoms with Gasteiger partial charge in [0.1, 0.15) is 5.82 Å². The van der Waals surface area contributed by atoms with Gasteiger partial charge in [-0.3, -0.25) is 4.79 Å². The van der Waals surface area contributed by atoms with Gasteiger partial charge in [0.05, 0.1) is 4.88 Å². The normalized spacial score (nSPS) is 10.7. The predicted molar refractivity (Wildman–Crippen MR) is 80.9 cm³/mol. The number of nitrogens with one attached hydrogen (secondary N) is 1. The maximum Gasteiger partial charge on any atom is 0.265 e. The Hall–Kier alpha value is -2.20. The van der Waals surface area contributed by atoms with Crippen LogP contribution in [0.5, 0.6) is 0 Å². The summed E-state index contributed by atoms with van der Waals surface area (Å²) >= 11 is 1.29. The lowest BCUT2D eigenvalue weighted by molar-refractivity contribution is 0.103. The standard InChI is InChI=1S/C16H12FNOS/c1-10-5-2-3-7-13(10)18-16(19)15-9-11-12(17)6-4-8-14(11)20-15/h2-9H,1H3,(H,18,19). The van der Waals surface area contributed by atoms with E-state index in [0.29, 0.717) is 10.3 Å². The molecule has 0 saturated heterocycles. The number of halogens is 1. The summed E-state index contributed by atoms with van der Waals surface area (Å²) in [5.74, 6) is -0.506. The van der Waals surface area contributed by atoms with Gasteiger partial charge < -0.3 is 5.32 Å². The maximum atomic E-state index is 13.6. The summed E-state index contributed by atoms with van der Waals surface area (Å²) in [6.45, 7) is 1.93. The van der Waals surface area contributed by atoms with E-state index >= 15 is 0 Å². The molecule has 3 aromatic rings. The lowest BCUT2D eigenvalue weighted by Gasteiger charge is -2.06. The Labute approximate surface area is 119 Å². The number of carbonyl (C=O) groups excluding carboxylic acids is 1. The van der Waals surface area contributed by atoms with Crippen LogP contribution in [0.1, 0.15) is 15.2 Å². The maximum absolute atomic E-state index is 13.6. The van der Waals surface area contributed by atoms with Crippen LogP contribution in [0, 0.1) is 12.7 Å². The number of hydrogen-bond donors (Lipinski definition) is 1. The molecule has 3 rings (SSSR count). The van der Waals surface area contributed by atoms with Gasteiger partial charge >= 0.3 is 0 Å². The van der Waals surface area contributed by atoms with Crippen LogP contribution in [0.2, 0.25) is 0 Å². The molecule has 2 aromatic carbocycles. The first-order chi connectivity index (χ1) is 9.65. The summed E-state index contributed by atoms with van der Waals surface area (Å²) in [6.07, 6.45) is 0. The van der Waals surface area contributed by atoms with Gasteiger partial charge in [-0.1, -0.05) is 24.3 Å². The molecule has 0 bridgehead atoms. The van der Waals surface area contributed by atoms with E-state index in [1.807, 2.05) is 37.3 Å². The average molecular weight is 285 g/mol. The molecule has 0 fully saturated rings. The van der Waals surface area contributed by atoms with Gasteiger partial charge in [-0.2, -0.15) is 0 Å². The van der Waals surface area contributed by atoms with Gasteiger partial charge in [0.2, 0.25) is 0 Å². The number of para-hydroxylation sites is 1. The molecule has 0 aliphatic rings. The van der Waals surface area contributed by atoms with E-state index in [2.05, 4.69) is 5.32 Å². The van der Waals surface area contributed by atoms with Crippen molar-refractivity contribution in [2.45, 2.75) is 6.92 Å². The molecule has 1 heterocycles. The minimum atomic E-state index is -0.298. The van der Waals surface area contributed by atoms with Crippen LogP contribution in [0.15, 0.2) is 48.5 Å². The van der Waals surface area contributed by atoms with Crippen LogP contribution in [0.25, 0.3) is 10.1 Å². The van der Waals surface area contributed by atoms with Crippen molar-refractivity contribution < 1.29 is 9.18 Å². The average Bonchev–Trinajstić information content (AvgIpc) is 2.87. The van der Waals surface area contributed by atoms with Gasteiger partial charge in [0.25, 0.3) is 5.91 Å². The lowest BCUT2D eigenvalue weighted by atomic mass is 10.2. The van der Waals surface area contributed by atoms with Crippen molar-refractivity contribution in [2.75, 3.05) is 5.32 Å². The molecule has 0 aliphatic carbocycles. The Balaban J connectivity index is 1.93. The van der Waals surface area contributed by atoms with Crippen LogP contribution in [-0.4, -0.2) is 5.91 Å². The second kappa shape index (κ2) is 5.06. The van der Waals surface area contributed by atoms with Gasteiger partial charge in [0, 0.05) is 15.8 Å². The molecule has 4 heteroatoms. The summed E-state index contributed by atoms with van der Waals surface area (Å²) in [5, 5.41) is 3.35. The molecular formula is C16H12FNOS. The second-order valence-corrected chi connectivity index (χ2v) is 5.62. The quantitative estimate of drug-likeness (QED) is 0.732. The number of rotatable bonds is 2. The first kappa shape index (κ1) is 12.8. The first-order valence-electron chi connectivity index (χ1n) is 6.20. The number of hydrogen-bond acceptors (Lipinski definition) is 2. The zero-order valence-electron chi connectivity index (χ0n) is 10.8. The summed E-state index contributed by atoms with van der Waals surface area (Å²) in [5.41, 5.74) is 1.77. The summed E-state index contributed by atoms with van der Waals surface area (Å²) in [6, 6.07) is 14.0. The Morgan fingerprint density at radius 2 is 1.95 bits per heavy atom. The van der Waals surface area contributed by atoms with E-state index in [1.54, 1.807) is 12.1 Å². The number of thiophene rings is 1. The molecular weight excluding hydrogens is 273 g/mol. The summed E-state index contributed by atoms with van der Waals surface area (Å²) < 4.78 is 14.4. The summed E-state index contributed by atoms with van der Waals surface area (Å²) in [4.78, 5) is 12.7. The van der Waals surface area contributed by atoms with Crippen LogP contribution in [0.4, 0.5) is 10.1 Å². The van der Waals surface area contributed by atoms with Gasteiger partial charge in [-0.25, -0.2) is 4.39 Å². The van der Waals surface area contributed by atoms with Crippen LogP contribution in [-0.2, 0) is 0 Å². The second-order valence-electron chi connectivity index (χ2n) is 4.53. The number of anilines is 1. The van der Waals surface area contributed by atoms with E-state index < -0.39 is 0 Å². The molecule has 0 atom stereocenters. The first-order valence-corrected chi connectivity index (χ1v) is 7.02. The smallest absolute Gasteiger partial charge is 0.265 e. The number of amides is 1. The number of aryl methyl sites for hydroxylation is 1. The molecule has 0 radical (unpaired) electrons. The van der Waals surface area contributed by atoms with Crippen LogP contribution < -0.4 is 5.32 Å². The van der Waals surface area contributed by atoms with Crippen molar-refractivity contribution >= 4 is 33.0 Å². The number of benzene rings is 2. The molecule has 1 amide bonds. The number of fused-ring (bicyclic) bond motifs is 1. The molecule has 0 saturated carbocycles. The van der Waals surface area contributed by atoms with E-state index in [1.165, 1.54) is 17.4 Å². The molecule has 100 valence electrons. The molecule has 0 aliphatic heterocycles. The van der Waals surface area contributed by atoms with Crippen LogP contribution >= 0.6 is 11.3 Å². The lowest BCUT2D eigenvalue weighted by Crippen LogP contribution is -2.10.